The molecule has 0 aliphatic carbocycles. The van der Waals surface area contributed by atoms with Crippen LogP contribution in [0.5, 0.6) is 0 Å². The largest absolute Gasteiger partial charge is 0.360 e. The molecule has 1 aromatic rings. The van der Waals surface area contributed by atoms with Crippen LogP contribution < -0.4 is 5.43 Å². The summed E-state index contributed by atoms with van der Waals surface area (Å²) >= 11 is 0. The van der Waals surface area contributed by atoms with Crippen molar-refractivity contribution in [2.45, 2.75) is 64.4 Å². The highest BCUT2D eigenvalue weighted by Crippen LogP contribution is 2.27. The van der Waals surface area contributed by atoms with Gasteiger partial charge in [0.1, 0.15) is 20.2 Å². The third kappa shape index (κ3) is 5.56. The summed E-state index contributed by atoms with van der Waals surface area (Å²) in [6, 6.07) is 3.22. The summed E-state index contributed by atoms with van der Waals surface area (Å²) in [5.74, 6) is 3.51. The van der Waals surface area contributed by atoms with Gasteiger partial charge in [0.05, 0.1) is 18.0 Å². The number of nitrogens with one attached hydrogen (secondary N) is 1. The third-order valence-electron chi connectivity index (χ3n) is 4.16. The smallest absolute Gasteiger partial charge is 0.139 e. The van der Waals surface area contributed by atoms with Crippen LogP contribution >= 0.6 is 0 Å². The number of nitrogens with zero attached hydrogens (tertiary/aromatic N) is 3. The van der Waals surface area contributed by atoms with Crippen LogP contribution in [0.2, 0.25) is 45.3 Å². The molecule has 7 heteroatoms. The number of hydrazone groups is 1. The Kier molecular flexibility index (Phi) is 5.97. The molecule has 0 saturated heterocycles. The first kappa shape index (κ1) is 20.0. The van der Waals surface area contributed by atoms with Gasteiger partial charge >= 0.3 is 0 Å². The minimum atomic E-state index is -1.47. The van der Waals surface area contributed by atoms with E-state index in [2.05, 4.69) is 61.3 Å². The first-order valence-electron chi connectivity index (χ1n) is 8.96. The Balaban J connectivity index is 2.12. The average molecular weight is 377 g/mol. The maximum absolute atomic E-state index is 5.81. The van der Waals surface area contributed by atoms with E-state index in [9.17, 15) is 0 Å². The third-order valence-corrected chi connectivity index (χ3v) is 6.74. The van der Waals surface area contributed by atoms with Crippen molar-refractivity contribution in [1.82, 2.24) is 15.2 Å². The Labute approximate surface area is 154 Å². The van der Waals surface area contributed by atoms with Crippen LogP contribution in [0.1, 0.15) is 12.6 Å². The molecule has 0 amide bonds. The topological polar surface area (TPSA) is 51.4 Å². The molecule has 0 spiro atoms. The van der Waals surface area contributed by atoms with Gasteiger partial charge in [0.25, 0.3) is 0 Å². The molecule has 1 aliphatic rings. The zero-order valence-electron chi connectivity index (χ0n) is 16.7. The molecule has 5 nitrogen and oxygen atoms in total. The molecule has 1 atom stereocenters. The van der Waals surface area contributed by atoms with Crippen LogP contribution in [0.25, 0.3) is 0 Å². The van der Waals surface area contributed by atoms with E-state index in [4.69, 9.17) is 9.84 Å². The molecular weight excluding hydrogens is 344 g/mol. The summed E-state index contributed by atoms with van der Waals surface area (Å²) in [5, 5.41) is 9.13. The summed E-state index contributed by atoms with van der Waals surface area (Å²) in [6.45, 7) is 17.9. The van der Waals surface area contributed by atoms with Crippen molar-refractivity contribution >= 4 is 21.9 Å². The van der Waals surface area contributed by atoms with Gasteiger partial charge in [-0.1, -0.05) is 45.2 Å². The lowest BCUT2D eigenvalue weighted by Gasteiger charge is -2.21. The summed E-state index contributed by atoms with van der Waals surface area (Å²) in [6.07, 6.45) is 1.98. The number of rotatable bonds is 6. The van der Waals surface area contributed by atoms with E-state index in [-0.39, 0.29) is 0 Å². The Morgan fingerprint density at radius 3 is 2.56 bits per heavy atom. The molecule has 0 fully saturated rings. The van der Waals surface area contributed by atoms with Crippen LogP contribution in [0.3, 0.4) is 0 Å². The normalized spacial score (nSPS) is 20.7. The highest BCUT2D eigenvalue weighted by molar-refractivity contribution is 6.83. The average Bonchev–Trinajstić information content (AvgIpc) is 3.07. The van der Waals surface area contributed by atoms with E-state index < -0.39 is 21.6 Å². The van der Waals surface area contributed by atoms with E-state index in [1.807, 2.05) is 23.9 Å². The van der Waals surface area contributed by atoms with E-state index in [0.29, 0.717) is 13.3 Å². The van der Waals surface area contributed by atoms with E-state index >= 15 is 0 Å². The molecule has 1 N–H and O–H groups in total. The lowest BCUT2D eigenvalue weighted by molar-refractivity contribution is 0.0782. The molecular formula is C18H32N4OSi2. The molecule has 0 aromatic carbocycles. The Morgan fingerprint density at radius 1 is 1.28 bits per heavy atom. The predicted molar refractivity (Wildman–Crippen MR) is 110 cm³/mol. The lowest BCUT2D eigenvalue weighted by Crippen LogP contribution is -2.36. The van der Waals surface area contributed by atoms with Crippen LogP contribution in [0.15, 0.2) is 17.4 Å². The van der Waals surface area contributed by atoms with E-state index in [0.717, 1.165) is 18.0 Å². The first-order chi connectivity index (χ1) is 11.5. The van der Waals surface area contributed by atoms with Gasteiger partial charge in [-0.3, -0.25) is 0 Å². The quantitative estimate of drug-likeness (QED) is 0.471. The summed E-state index contributed by atoms with van der Waals surface area (Å²) in [4.78, 5) is 0. The molecule has 2 rings (SSSR count). The molecule has 25 heavy (non-hydrogen) atoms. The maximum Gasteiger partial charge on any atom is 0.139 e. The molecule has 1 aromatic heterocycles. The zero-order valence-corrected chi connectivity index (χ0v) is 18.7. The molecule has 1 aliphatic heterocycles. The number of aromatic nitrogens is 2. The summed E-state index contributed by atoms with van der Waals surface area (Å²) in [7, 11) is -2.52. The molecule has 0 radical (unpaired) electrons. The molecule has 138 valence electrons. The fourth-order valence-electron chi connectivity index (χ4n) is 2.47. The Bertz CT molecular complexity index is 688. The van der Waals surface area contributed by atoms with E-state index in [1.54, 1.807) is 0 Å². The highest BCUT2D eigenvalue weighted by atomic mass is 28.3. The first-order valence-corrected chi connectivity index (χ1v) is 16.2. The Hall–Kier alpha value is -1.37. The standard InChI is InChI=1S/C18H32N4OSi2/c1-16-18(14-19-20-16,9-12-24(2,3)4)17-8-10-22(21-17)15-23-11-13-25(5,6)7/h8,10,19H,11,13-15H2,1-7H3/t18-/m1/s1. The number of hydrogen-bond acceptors (Lipinski definition) is 4. The van der Waals surface area contributed by atoms with Gasteiger partial charge in [-0.2, -0.15) is 10.2 Å². The lowest BCUT2D eigenvalue weighted by atomic mass is 9.82. The fourth-order valence-corrected chi connectivity index (χ4v) is 3.81. The fraction of sp³-hybridized carbons (Fsp3) is 0.667. The molecule has 0 saturated carbocycles. The van der Waals surface area contributed by atoms with Gasteiger partial charge in [-0.15, -0.1) is 5.54 Å². The van der Waals surface area contributed by atoms with Gasteiger partial charge in [-0.25, -0.2) is 4.68 Å². The van der Waals surface area contributed by atoms with Gasteiger partial charge in [0.2, 0.25) is 0 Å². The molecule has 2 heterocycles. The number of hydrogen-bond donors (Lipinski definition) is 1. The van der Waals surface area contributed by atoms with Crippen LogP contribution in [0.4, 0.5) is 0 Å². The highest BCUT2D eigenvalue weighted by Gasteiger charge is 2.40. The van der Waals surface area contributed by atoms with Gasteiger partial charge in [-0.05, 0) is 19.0 Å². The second kappa shape index (κ2) is 7.48. The SMILES string of the molecule is CC1=NNC[C@@]1(C#C[Si](C)(C)C)c1ccn(COCC[Si](C)(C)C)n1. The van der Waals surface area contributed by atoms with Gasteiger partial charge in [0.15, 0.2) is 0 Å². The molecule has 0 unspecified atom stereocenters. The summed E-state index contributed by atoms with van der Waals surface area (Å²) in [5.41, 5.74) is 8.14. The Morgan fingerprint density at radius 2 is 2.00 bits per heavy atom. The van der Waals surface area contributed by atoms with Crippen molar-refractivity contribution in [2.24, 2.45) is 5.10 Å². The van der Waals surface area contributed by atoms with Gasteiger partial charge in [0, 0.05) is 20.9 Å². The summed E-state index contributed by atoms with van der Waals surface area (Å²) < 4.78 is 7.67. The van der Waals surface area contributed by atoms with Gasteiger partial charge < -0.3 is 10.2 Å². The van der Waals surface area contributed by atoms with Crippen LogP contribution in [-0.2, 0) is 16.9 Å². The van der Waals surface area contributed by atoms with Crippen LogP contribution in [0, 0.1) is 11.5 Å². The minimum Gasteiger partial charge on any atom is -0.360 e. The maximum atomic E-state index is 5.81. The van der Waals surface area contributed by atoms with Crippen molar-refractivity contribution in [3.63, 3.8) is 0 Å². The van der Waals surface area contributed by atoms with Crippen molar-refractivity contribution in [2.75, 3.05) is 13.2 Å². The van der Waals surface area contributed by atoms with Crippen molar-refractivity contribution in [3.05, 3.63) is 18.0 Å². The minimum absolute atomic E-state index is 0.413. The monoisotopic (exact) mass is 376 g/mol. The number of ether oxygens (including phenoxy) is 1. The van der Waals surface area contributed by atoms with Crippen molar-refractivity contribution < 1.29 is 4.74 Å². The van der Waals surface area contributed by atoms with Crippen LogP contribution in [-0.4, -0.2) is 44.8 Å². The predicted octanol–water partition coefficient (Wildman–Crippen LogP) is 3.29. The zero-order chi connectivity index (χ0) is 18.7. The second-order valence-electron chi connectivity index (χ2n) is 9.03. The molecule has 0 bridgehead atoms. The second-order valence-corrected chi connectivity index (χ2v) is 19.4. The van der Waals surface area contributed by atoms with Crippen molar-refractivity contribution in [1.29, 1.82) is 0 Å². The van der Waals surface area contributed by atoms with Crippen molar-refractivity contribution in [3.8, 4) is 11.5 Å². The van der Waals surface area contributed by atoms with E-state index in [1.165, 1.54) is 6.04 Å².